The SMILES string of the molecule is CC(C)c1ccccc1NC(=O)CN1CCNCC1(C)C. The van der Waals surface area contributed by atoms with Crippen molar-refractivity contribution in [3.63, 3.8) is 0 Å². The molecule has 21 heavy (non-hydrogen) atoms. The number of amides is 1. The number of carbonyl (C=O) groups excluding carboxylic acids is 1. The minimum atomic E-state index is 0.0210. The quantitative estimate of drug-likeness (QED) is 0.895. The zero-order chi connectivity index (χ0) is 15.5. The monoisotopic (exact) mass is 289 g/mol. The van der Waals surface area contributed by atoms with Crippen molar-refractivity contribution in [1.82, 2.24) is 10.2 Å². The lowest BCUT2D eigenvalue weighted by Gasteiger charge is -2.42. The molecule has 0 aromatic heterocycles. The highest BCUT2D eigenvalue weighted by Gasteiger charge is 2.30. The van der Waals surface area contributed by atoms with Crippen molar-refractivity contribution in [3.8, 4) is 0 Å². The zero-order valence-electron chi connectivity index (χ0n) is 13.6. The standard InChI is InChI=1S/C17H27N3O/c1-13(2)14-7-5-6-8-15(14)19-16(21)11-20-10-9-18-12-17(20,3)4/h5-8,13,18H,9-12H2,1-4H3,(H,19,21). The van der Waals surface area contributed by atoms with Gasteiger partial charge in [-0.3, -0.25) is 9.69 Å². The molecular weight excluding hydrogens is 262 g/mol. The third kappa shape index (κ3) is 4.05. The molecule has 0 aliphatic carbocycles. The Kier molecular flexibility index (Phi) is 5.01. The van der Waals surface area contributed by atoms with Crippen molar-refractivity contribution >= 4 is 11.6 Å². The maximum Gasteiger partial charge on any atom is 0.238 e. The summed E-state index contributed by atoms with van der Waals surface area (Å²) >= 11 is 0. The number of hydrogen-bond donors (Lipinski definition) is 2. The number of piperazine rings is 1. The van der Waals surface area contributed by atoms with Crippen LogP contribution in [0.5, 0.6) is 0 Å². The average molecular weight is 289 g/mol. The van der Waals surface area contributed by atoms with Crippen LogP contribution in [0.15, 0.2) is 24.3 Å². The maximum atomic E-state index is 12.4. The van der Waals surface area contributed by atoms with Gasteiger partial charge in [0, 0.05) is 30.9 Å². The molecule has 0 atom stereocenters. The predicted molar refractivity (Wildman–Crippen MR) is 87.7 cm³/mol. The molecular formula is C17H27N3O. The van der Waals surface area contributed by atoms with Crippen LogP contribution in [0, 0.1) is 0 Å². The number of rotatable bonds is 4. The van der Waals surface area contributed by atoms with E-state index in [1.54, 1.807) is 0 Å². The molecule has 2 rings (SSSR count). The van der Waals surface area contributed by atoms with Gasteiger partial charge in [-0.25, -0.2) is 0 Å². The second-order valence-electron chi connectivity index (χ2n) is 6.70. The van der Waals surface area contributed by atoms with E-state index in [-0.39, 0.29) is 11.4 Å². The second-order valence-corrected chi connectivity index (χ2v) is 6.70. The van der Waals surface area contributed by atoms with E-state index in [1.807, 2.05) is 18.2 Å². The fourth-order valence-electron chi connectivity index (χ4n) is 2.79. The van der Waals surface area contributed by atoms with E-state index in [0.717, 1.165) is 25.3 Å². The Bertz CT molecular complexity index is 497. The molecule has 1 aliphatic rings. The summed E-state index contributed by atoms with van der Waals surface area (Å²) in [5.41, 5.74) is 2.14. The van der Waals surface area contributed by atoms with Crippen molar-refractivity contribution in [2.24, 2.45) is 0 Å². The molecule has 0 radical (unpaired) electrons. The zero-order valence-corrected chi connectivity index (χ0v) is 13.6. The summed E-state index contributed by atoms with van der Waals surface area (Å²) in [6.07, 6.45) is 0. The summed E-state index contributed by atoms with van der Waals surface area (Å²) in [6.45, 7) is 11.9. The van der Waals surface area contributed by atoms with Gasteiger partial charge in [0.05, 0.1) is 6.54 Å². The van der Waals surface area contributed by atoms with Crippen molar-refractivity contribution in [1.29, 1.82) is 0 Å². The fraction of sp³-hybridized carbons (Fsp3) is 0.588. The van der Waals surface area contributed by atoms with Crippen LogP contribution in [0.25, 0.3) is 0 Å². The molecule has 1 fully saturated rings. The lowest BCUT2D eigenvalue weighted by atomic mass is 10.00. The van der Waals surface area contributed by atoms with Crippen LogP contribution in [-0.4, -0.2) is 42.5 Å². The molecule has 0 saturated carbocycles. The van der Waals surface area contributed by atoms with E-state index >= 15 is 0 Å². The van der Waals surface area contributed by atoms with Gasteiger partial charge in [-0.2, -0.15) is 0 Å². The molecule has 1 heterocycles. The molecule has 1 amide bonds. The first-order valence-corrected chi connectivity index (χ1v) is 7.75. The number of carbonyl (C=O) groups is 1. The number of nitrogens with one attached hydrogen (secondary N) is 2. The van der Waals surface area contributed by atoms with Gasteiger partial charge in [-0.15, -0.1) is 0 Å². The molecule has 1 aliphatic heterocycles. The Balaban J connectivity index is 2.02. The highest BCUT2D eigenvalue weighted by atomic mass is 16.2. The van der Waals surface area contributed by atoms with Crippen LogP contribution in [0.2, 0.25) is 0 Å². The van der Waals surface area contributed by atoms with E-state index in [9.17, 15) is 4.79 Å². The first-order chi connectivity index (χ1) is 9.90. The molecule has 4 nitrogen and oxygen atoms in total. The predicted octanol–water partition coefficient (Wildman–Crippen LogP) is 2.43. The normalized spacial score (nSPS) is 18.7. The van der Waals surface area contributed by atoms with Gasteiger partial charge in [0.2, 0.25) is 5.91 Å². The number of nitrogens with zero attached hydrogens (tertiary/aromatic N) is 1. The van der Waals surface area contributed by atoms with Gasteiger partial charge in [0.25, 0.3) is 0 Å². The van der Waals surface area contributed by atoms with E-state index < -0.39 is 0 Å². The van der Waals surface area contributed by atoms with Crippen LogP contribution < -0.4 is 10.6 Å². The molecule has 0 bridgehead atoms. The maximum absolute atomic E-state index is 12.4. The van der Waals surface area contributed by atoms with Gasteiger partial charge in [-0.1, -0.05) is 32.0 Å². The average Bonchev–Trinajstić information content (AvgIpc) is 2.41. The van der Waals surface area contributed by atoms with Crippen molar-refractivity contribution in [3.05, 3.63) is 29.8 Å². The summed E-state index contributed by atoms with van der Waals surface area (Å²) in [6, 6.07) is 8.05. The topological polar surface area (TPSA) is 44.4 Å². The Morgan fingerprint density at radius 3 is 2.76 bits per heavy atom. The molecule has 0 spiro atoms. The van der Waals surface area contributed by atoms with Crippen LogP contribution in [0.1, 0.15) is 39.2 Å². The lowest BCUT2D eigenvalue weighted by Crippen LogP contribution is -2.59. The van der Waals surface area contributed by atoms with Gasteiger partial charge in [0.15, 0.2) is 0 Å². The summed E-state index contributed by atoms with van der Waals surface area (Å²) < 4.78 is 0. The first-order valence-electron chi connectivity index (χ1n) is 7.75. The Morgan fingerprint density at radius 2 is 2.10 bits per heavy atom. The fourth-order valence-corrected chi connectivity index (χ4v) is 2.79. The Morgan fingerprint density at radius 1 is 1.38 bits per heavy atom. The molecule has 0 unspecified atom stereocenters. The van der Waals surface area contributed by atoms with Crippen molar-refractivity contribution in [2.45, 2.75) is 39.2 Å². The number of benzene rings is 1. The van der Waals surface area contributed by atoms with Gasteiger partial charge < -0.3 is 10.6 Å². The van der Waals surface area contributed by atoms with Gasteiger partial charge in [0.1, 0.15) is 0 Å². The van der Waals surface area contributed by atoms with E-state index in [2.05, 4.69) is 49.3 Å². The third-order valence-electron chi connectivity index (χ3n) is 4.16. The minimum absolute atomic E-state index is 0.0210. The first kappa shape index (κ1) is 16.0. The molecule has 1 aromatic rings. The summed E-state index contributed by atoms with van der Waals surface area (Å²) in [7, 11) is 0. The van der Waals surface area contributed by atoms with Crippen LogP contribution >= 0.6 is 0 Å². The van der Waals surface area contributed by atoms with Crippen molar-refractivity contribution in [2.75, 3.05) is 31.5 Å². The number of anilines is 1. The van der Waals surface area contributed by atoms with Crippen LogP contribution in [0.3, 0.4) is 0 Å². The lowest BCUT2D eigenvalue weighted by molar-refractivity contribution is -0.119. The molecule has 1 aromatic carbocycles. The summed E-state index contributed by atoms with van der Waals surface area (Å²) in [5.74, 6) is 0.468. The number of para-hydroxylation sites is 1. The van der Waals surface area contributed by atoms with Crippen LogP contribution in [-0.2, 0) is 4.79 Å². The largest absolute Gasteiger partial charge is 0.325 e. The molecule has 4 heteroatoms. The summed E-state index contributed by atoms with van der Waals surface area (Å²) in [4.78, 5) is 14.6. The minimum Gasteiger partial charge on any atom is -0.325 e. The molecule has 116 valence electrons. The smallest absolute Gasteiger partial charge is 0.238 e. The van der Waals surface area contributed by atoms with Gasteiger partial charge in [-0.05, 0) is 31.4 Å². The Labute approximate surface area is 127 Å². The molecule has 1 saturated heterocycles. The van der Waals surface area contributed by atoms with Crippen molar-refractivity contribution < 1.29 is 4.79 Å². The molecule has 2 N–H and O–H groups in total. The van der Waals surface area contributed by atoms with E-state index in [4.69, 9.17) is 0 Å². The van der Waals surface area contributed by atoms with Gasteiger partial charge >= 0.3 is 0 Å². The highest BCUT2D eigenvalue weighted by Crippen LogP contribution is 2.24. The van der Waals surface area contributed by atoms with E-state index in [1.165, 1.54) is 5.56 Å². The summed E-state index contributed by atoms with van der Waals surface area (Å²) in [5, 5.41) is 6.45. The van der Waals surface area contributed by atoms with Crippen LogP contribution in [0.4, 0.5) is 5.69 Å². The number of hydrogen-bond acceptors (Lipinski definition) is 3. The van der Waals surface area contributed by atoms with E-state index in [0.29, 0.717) is 12.5 Å². The third-order valence-corrected chi connectivity index (χ3v) is 4.16. The Hall–Kier alpha value is -1.39. The highest BCUT2D eigenvalue weighted by molar-refractivity contribution is 5.93. The second kappa shape index (κ2) is 6.58.